The lowest BCUT2D eigenvalue weighted by molar-refractivity contribution is 0.142. The van der Waals surface area contributed by atoms with Crippen LogP contribution in [0.5, 0.6) is 0 Å². The summed E-state index contributed by atoms with van der Waals surface area (Å²) in [5, 5.41) is 18.8. The van der Waals surface area contributed by atoms with E-state index < -0.39 is 6.10 Å². The molecule has 3 rings (SSSR count). The molecule has 0 saturated carbocycles. The van der Waals surface area contributed by atoms with Crippen molar-refractivity contribution in [1.82, 2.24) is 15.6 Å². The Morgan fingerprint density at radius 1 is 1.45 bits per heavy atom. The molecule has 2 amide bonds. The minimum absolute atomic E-state index is 0.257. The molecule has 5 nitrogen and oxygen atoms in total. The maximum Gasteiger partial charge on any atom is 0.315 e. The number of amides is 2. The molecule has 1 aromatic heterocycles. The summed E-state index contributed by atoms with van der Waals surface area (Å²) in [4.78, 5) is 16.4. The van der Waals surface area contributed by atoms with Crippen LogP contribution in [0, 0.1) is 6.92 Å². The summed E-state index contributed by atoms with van der Waals surface area (Å²) in [5.41, 5.74) is 3.09. The fourth-order valence-electron chi connectivity index (χ4n) is 2.77. The van der Waals surface area contributed by atoms with E-state index in [2.05, 4.69) is 15.6 Å². The lowest BCUT2D eigenvalue weighted by Gasteiger charge is -2.18. The van der Waals surface area contributed by atoms with Crippen molar-refractivity contribution in [2.24, 2.45) is 0 Å². The van der Waals surface area contributed by atoms with E-state index in [4.69, 9.17) is 0 Å². The highest BCUT2D eigenvalue weighted by molar-refractivity contribution is 7.09. The fraction of sp³-hybridized carbons (Fsp3) is 0.375. The van der Waals surface area contributed by atoms with Crippen molar-refractivity contribution in [3.05, 3.63) is 51.5 Å². The Morgan fingerprint density at radius 2 is 2.27 bits per heavy atom. The molecule has 6 heteroatoms. The maximum absolute atomic E-state index is 12.0. The van der Waals surface area contributed by atoms with Crippen LogP contribution in [0.4, 0.5) is 4.79 Å². The summed E-state index contributed by atoms with van der Waals surface area (Å²) >= 11 is 1.61. The van der Waals surface area contributed by atoms with E-state index in [1.165, 1.54) is 0 Å². The van der Waals surface area contributed by atoms with E-state index in [1.807, 2.05) is 36.6 Å². The first kappa shape index (κ1) is 15.0. The summed E-state index contributed by atoms with van der Waals surface area (Å²) in [7, 11) is 0. The molecule has 1 heterocycles. The van der Waals surface area contributed by atoms with Gasteiger partial charge in [0.1, 0.15) is 0 Å². The van der Waals surface area contributed by atoms with Crippen LogP contribution in [0.15, 0.2) is 29.6 Å². The van der Waals surface area contributed by atoms with Gasteiger partial charge in [0.15, 0.2) is 0 Å². The van der Waals surface area contributed by atoms with Gasteiger partial charge in [-0.3, -0.25) is 0 Å². The van der Waals surface area contributed by atoms with Crippen molar-refractivity contribution in [1.29, 1.82) is 0 Å². The molecule has 0 saturated heterocycles. The smallest absolute Gasteiger partial charge is 0.315 e. The number of hydrogen-bond donors (Lipinski definition) is 3. The SMILES string of the molecule is Cc1nc(CCNC(=O)NC2c3ccccc3CC2O)cs1. The zero-order valence-electron chi connectivity index (χ0n) is 12.4. The third-order valence-electron chi connectivity index (χ3n) is 3.82. The van der Waals surface area contributed by atoms with Crippen molar-refractivity contribution >= 4 is 17.4 Å². The second-order valence-electron chi connectivity index (χ2n) is 5.46. The van der Waals surface area contributed by atoms with Crippen molar-refractivity contribution in [3.63, 3.8) is 0 Å². The molecular formula is C16H19N3O2S. The predicted molar refractivity (Wildman–Crippen MR) is 86.0 cm³/mol. The van der Waals surface area contributed by atoms with Crippen LogP contribution in [-0.2, 0) is 12.8 Å². The van der Waals surface area contributed by atoms with Gasteiger partial charge in [-0.1, -0.05) is 24.3 Å². The standard InChI is InChI=1S/C16H19N3O2S/c1-10-18-12(9-22-10)6-7-17-16(21)19-15-13-5-3-2-4-11(13)8-14(15)20/h2-5,9,14-15,20H,6-8H2,1H3,(H2,17,19,21). The minimum Gasteiger partial charge on any atom is -0.390 e. The van der Waals surface area contributed by atoms with Gasteiger partial charge in [-0.05, 0) is 18.1 Å². The van der Waals surface area contributed by atoms with E-state index in [1.54, 1.807) is 11.3 Å². The molecule has 22 heavy (non-hydrogen) atoms. The average Bonchev–Trinajstić information content (AvgIpc) is 3.03. The van der Waals surface area contributed by atoms with Gasteiger partial charge in [-0.15, -0.1) is 11.3 Å². The van der Waals surface area contributed by atoms with Gasteiger partial charge in [0.25, 0.3) is 0 Å². The van der Waals surface area contributed by atoms with Gasteiger partial charge in [0.05, 0.1) is 22.8 Å². The van der Waals surface area contributed by atoms with E-state index >= 15 is 0 Å². The van der Waals surface area contributed by atoms with E-state index in [9.17, 15) is 9.90 Å². The second kappa shape index (κ2) is 6.46. The quantitative estimate of drug-likeness (QED) is 0.807. The van der Waals surface area contributed by atoms with Crippen LogP contribution < -0.4 is 10.6 Å². The lowest BCUT2D eigenvalue weighted by atomic mass is 10.1. The minimum atomic E-state index is -0.565. The number of aliphatic hydroxyl groups excluding tert-OH is 1. The number of urea groups is 1. The van der Waals surface area contributed by atoms with Gasteiger partial charge < -0.3 is 15.7 Å². The fourth-order valence-corrected chi connectivity index (χ4v) is 3.41. The number of benzene rings is 1. The number of hydrogen-bond acceptors (Lipinski definition) is 4. The molecule has 0 radical (unpaired) electrons. The molecule has 1 aliphatic rings. The number of carbonyl (C=O) groups is 1. The van der Waals surface area contributed by atoms with Crippen LogP contribution in [-0.4, -0.2) is 28.8 Å². The summed E-state index contributed by atoms with van der Waals surface area (Å²) in [6.45, 7) is 2.49. The zero-order chi connectivity index (χ0) is 15.5. The summed E-state index contributed by atoms with van der Waals surface area (Å²) in [6.07, 6.45) is 0.727. The monoisotopic (exact) mass is 317 g/mol. The average molecular weight is 317 g/mol. The van der Waals surface area contributed by atoms with E-state index in [-0.39, 0.29) is 12.1 Å². The van der Waals surface area contributed by atoms with Crippen molar-refractivity contribution in [2.75, 3.05) is 6.54 Å². The number of rotatable bonds is 4. The molecule has 0 spiro atoms. The highest BCUT2D eigenvalue weighted by Gasteiger charge is 2.31. The van der Waals surface area contributed by atoms with Crippen LogP contribution in [0.2, 0.25) is 0 Å². The third-order valence-corrected chi connectivity index (χ3v) is 4.65. The topological polar surface area (TPSA) is 74.2 Å². The summed E-state index contributed by atoms with van der Waals surface area (Å²) < 4.78 is 0. The Morgan fingerprint density at radius 3 is 3.05 bits per heavy atom. The van der Waals surface area contributed by atoms with Gasteiger partial charge in [-0.25, -0.2) is 9.78 Å². The number of aryl methyl sites for hydroxylation is 1. The Balaban J connectivity index is 1.51. The van der Waals surface area contributed by atoms with Crippen LogP contribution in [0.25, 0.3) is 0 Å². The van der Waals surface area contributed by atoms with Gasteiger partial charge >= 0.3 is 6.03 Å². The molecule has 0 aliphatic heterocycles. The summed E-state index contributed by atoms with van der Waals surface area (Å²) in [6, 6.07) is 7.22. The van der Waals surface area contributed by atoms with Crippen LogP contribution in [0.3, 0.4) is 0 Å². The zero-order valence-corrected chi connectivity index (χ0v) is 13.2. The Kier molecular flexibility index (Phi) is 4.40. The molecule has 1 aromatic carbocycles. The maximum atomic E-state index is 12.0. The molecule has 3 N–H and O–H groups in total. The normalized spacial score (nSPS) is 19.7. The Labute approximate surface area is 133 Å². The van der Waals surface area contributed by atoms with Gasteiger partial charge in [-0.2, -0.15) is 0 Å². The largest absolute Gasteiger partial charge is 0.390 e. The first-order valence-electron chi connectivity index (χ1n) is 7.34. The first-order valence-corrected chi connectivity index (χ1v) is 8.22. The number of carbonyl (C=O) groups excluding carboxylic acids is 1. The first-order chi connectivity index (χ1) is 10.6. The number of fused-ring (bicyclic) bond motifs is 1. The van der Waals surface area contributed by atoms with E-state index in [0.717, 1.165) is 21.8 Å². The molecule has 2 unspecified atom stereocenters. The predicted octanol–water partition coefficient (Wildman–Crippen LogP) is 1.95. The number of aromatic nitrogens is 1. The number of nitrogens with one attached hydrogen (secondary N) is 2. The van der Waals surface area contributed by atoms with Crippen molar-refractivity contribution in [3.8, 4) is 0 Å². The molecule has 2 aromatic rings. The molecular weight excluding hydrogens is 298 g/mol. The highest BCUT2D eigenvalue weighted by Crippen LogP contribution is 2.30. The van der Waals surface area contributed by atoms with Crippen LogP contribution in [0.1, 0.15) is 27.9 Å². The van der Waals surface area contributed by atoms with Gasteiger partial charge in [0.2, 0.25) is 0 Å². The highest BCUT2D eigenvalue weighted by atomic mass is 32.1. The molecule has 0 fully saturated rings. The van der Waals surface area contributed by atoms with Crippen molar-refractivity contribution in [2.45, 2.75) is 31.9 Å². The second-order valence-corrected chi connectivity index (χ2v) is 6.52. The molecule has 116 valence electrons. The van der Waals surface area contributed by atoms with Gasteiger partial charge in [0, 0.05) is 24.8 Å². The van der Waals surface area contributed by atoms with Crippen LogP contribution >= 0.6 is 11.3 Å². The van der Waals surface area contributed by atoms with E-state index in [0.29, 0.717) is 19.4 Å². The Hall–Kier alpha value is -1.92. The molecule has 1 aliphatic carbocycles. The number of aliphatic hydroxyl groups is 1. The number of nitrogens with zero attached hydrogens (tertiary/aromatic N) is 1. The van der Waals surface area contributed by atoms with Crippen molar-refractivity contribution < 1.29 is 9.90 Å². The summed E-state index contributed by atoms with van der Waals surface area (Å²) in [5.74, 6) is 0. The number of thiazole rings is 1. The third kappa shape index (κ3) is 3.28. The Bertz CT molecular complexity index is 671. The molecule has 2 atom stereocenters. The molecule has 0 bridgehead atoms. The lowest BCUT2D eigenvalue weighted by Crippen LogP contribution is -2.41.